The Labute approximate surface area is 150 Å². The normalized spacial score (nSPS) is 10.7. The van der Waals surface area contributed by atoms with E-state index in [4.69, 9.17) is 4.42 Å². The number of hydrogen-bond donors (Lipinski definition) is 1. The minimum Gasteiger partial charge on any atom is -0.463 e. The molecule has 0 fully saturated rings. The van der Waals surface area contributed by atoms with Crippen LogP contribution in [0.1, 0.15) is 16.1 Å². The molecule has 1 N–H and O–H groups in total. The molecule has 0 atom stereocenters. The van der Waals surface area contributed by atoms with E-state index in [1.165, 1.54) is 0 Å². The van der Waals surface area contributed by atoms with Crippen LogP contribution in [-0.2, 0) is 0 Å². The summed E-state index contributed by atoms with van der Waals surface area (Å²) in [5.74, 6) is 0.790. The van der Waals surface area contributed by atoms with Crippen LogP contribution in [0.2, 0.25) is 0 Å². The summed E-state index contributed by atoms with van der Waals surface area (Å²) in [4.78, 5) is 17.1. The fourth-order valence-electron chi connectivity index (χ4n) is 2.58. The second kappa shape index (κ2) is 6.68. The first kappa shape index (κ1) is 15.8. The second-order valence-corrected chi connectivity index (χ2v) is 5.81. The van der Waals surface area contributed by atoms with Crippen molar-refractivity contribution in [3.05, 3.63) is 84.4 Å². The minimum absolute atomic E-state index is 0.296. The highest BCUT2D eigenvalue weighted by Crippen LogP contribution is 2.22. The number of nitrogens with zero attached hydrogens (tertiary/aromatic N) is 3. The van der Waals surface area contributed by atoms with Gasteiger partial charge < -0.3 is 9.73 Å². The largest absolute Gasteiger partial charge is 0.463 e. The number of rotatable bonds is 4. The van der Waals surface area contributed by atoms with Crippen LogP contribution in [0, 0.1) is 6.92 Å². The second-order valence-electron chi connectivity index (χ2n) is 5.81. The predicted octanol–water partition coefficient (Wildman–Crippen LogP) is 4.09. The topological polar surface area (TPSA) is 73.0 Å². The molecule has 0 saturated carbocycles. The average molecular weight is 344 g/mol. The Bertz CT molecular complexity index is 1020. The summed E-state index contributed by atoms with van der Waals surface area (Å²) in [6.07, 6.45) is 3.28. The van der Waals surface area contributed by atoms with Crippen molar-refractivity contribution in [1.82, 2.24) is 14.8 Å². The van der Waals surface area contributed by atoms with Crippen molar-refractivity contribution in [2.45, 2.75) is 6.92 Å². The van der Waals surface area contributed by atoms with Gasteiger partial charge in [-0.3, -0.25) is 4.79 Å². The lowest BCUT2D eigenvalue weighted by atomic mass is 10.2. The van der Waals surface area contributed by atoms with Crippen molar-refractivity contribution in [2.75, 3.05) is 5.32 Å². The minimum atomic E-state index is -0.296. The summed E-state index contributed by atoms with van der Waals surface area (Å²) in [6.45, 7) is 1.94. The maximum atomic E-state index is 12.8. The van der Waals surface area contributed by atoms with Crippen LogP contribution < -0.4 is 5.32 Å². The highest BCUT2D eigenvalue weighted by Gasteiger charge is 2.19. The van der Waals surface area contributed by atoms with Gasteiger partial charge in [0.2, 0.25) is 0 Å². The van der Waals surface area contributed by atoms with Gasteiger partial charge in [-0.05, 0) is 42.8 Å². The van der Waals surface area contributed by atoms with Crippen LogP contribution in [0.5, 0.6) is 0 Å². The molecule has 1 amide bonds. The number of amides is 1. The number of furan rings is 1. The summed E-state index contributed by atoms with van der Waals surface area (Å²) >= 11 is 0. The molecule has 3 aromatic heterocycles. The third-order valence-electron chi connectivity index (χ3n) is 3.87. The zero-order valence-corrected chi connectivity index (χ0v) is 14.1. The molecule has 3 heterocycles. The molecule has 1 aromatic carbocycles. The molecule has 4 aromatic rings. The van der Waals surface area contributed by atoms with E-state index in [1.54, 1.807) is 41.4 Å². The van der Waals surface area contributed by atoms with E-state index in [1.807, 2.05) is 43.3 Å². The summed E-state index contributed by atoms with van der Waals surface area (Å²) in [5.41, 5.74) is 2.79. The Kier molecular flexibility index (Phi) is 4.07. The van der Waals surface area contributed by atoms with Gasteiger partial charge in [0.1, 0.15) is 17.2 Å². The van der Waals surface area contributed by atoms with E-state index in [9.17, 15) is 4.79 Å². The smallest absolute Gasteiger partial charge is 0.275 e. The van der Waals surface area contributed by atoms with Gasteiger partial charge in [0, 0.05) is 12.3 Å². The Hall–Kier alpha value is -3.67. The molecule has 128 valence electrons. The average Bonchev–Trinajstić information content (AvgIpc) is 3.34. The van der Waals surface area contributed by atoms with E-state index in [-0.39, 0.29) is 5.91 Å². The number of anilines is 1. The quantitative estimate of drug-likeness (QED) is 0.605. The zero-order chi connectivity index (χ0) is 17.9. The Morgan fingerprint density at radius 2 is 1.92 bits per heavy atom. The molecular formula is C20H16N4O2. The fourth-order valence-corrected chi connectivity index (χ4v) is 2.58. The van der Waals surface area contributed by atoms with Crippen molar-refractivity contribution in [2.24, 2.45) is 0 Å². The van der Waals surface area contributed by atoms with Crippen LogP contribution in [-0.4, -0.2) is 20.7 Å². The van der Waals surface area contributed by atoms with Gasteiger partial charge in [-0.25, -0.2) is 9.67 Å². The van der Waals surface area contributed by atoms with Gasteiger partial charge in [0.05, 0.1) is 12.0 Å². The number of pyridine rings is 1. The number of aromatic nitrogens is 3. The predicted molar refractivity (Wildman–Crippen MR) is 98.2 cm³/mol. The van der Waals surface area contributed by atoms with Gasteiger partial charge in [-0.15, -0.1) is 0 Å². The van der Waals surface area contributed by atoms with Crippen molar-refractivity contribution < 1.29 is 9.21 Å². The van der Waals surface area contributed by atoms with Crippen LogP contribution in [0.15, 0.2) is 77.5 Å². The Morgan fingerprint density at radius 3 is 2.62 bits per heavy atom. The molecule has 26 heavy (non-hydrogen) atoms. The number of aryl methyl sites for hydroxylation is 1. The summed E-state index contributed by atoms with van der Waals surface area (Å²) in [5, 5.41) is 7.35. The standard InChI is InChI=1S/C20H16N4O2/c1-14-9-10-19(21-13-14)22-20(25)17-12-16(18-8-5-11-26-18)23-24(17)15-6-3-2-4-7-15/h2-13H,1H3,(H,21,22,25). The summed E-state index contributed by atoms with van der Waals surface area (Å²) < 4.78 is 7.01. The Morgan fingerprint density at radius 1 is 1.08 bits per heavy atom. The first-order valence-corrected chi connectivity index (χ1v) is 8.14. The van der Waals surface area contributed by atoms with E-state index >= 15 is 0 Å². The highest BCUT2D eigenvalue weighted by molar-refractivity contribution is 6.03. The molecule has 0 aliphatic heterocycles. The van der Waals surface area contributed by atoms with E-state index < -0.39 is 0 Å². The lowest BCUT2D eigenvalue weighted by molar-refractivity contribution is 0.101. The van der Waals surface area contributed by atoms with Gasteiger partial charge in [-0.1, -0.05) is 24.3 Å². The van der Waals surface area contributed by atoms with Crippen LogP contribution in [0.3, 0.4) is 0 Å². The van der Waals surface area contributed by atoms with Crippen molar-refractivity contribution in [3.63, 3.8) is 0 Å². The van der Waals surface area contributed by atoms with Crippen molar-refractivity contribution in [1.29, 1.82) is 0 Å². The van der Waals surface area contributed by atoms with Gasteiger partial charge in [0.15, 0.2) is 5.76 Å². The number of benzene rings is 1. The molecule has 0 aliphatic carbocycles. The number of hydrogen-bond acceptors (Lipinski definition) is 4. The van der Waals surface area contributed by atoms with E-state index in [0.717, 1.165) is 11.3 Å². The van der Waals surface area contributed by atoms with E-state index in [0.29, 0.717) is 23.0 Å². The molecule has 4 rings (SSSR count). The van der Waals surface area contributed by atoms with Crippen molar-refractivity contribution >= 4 is 11.7 Å². The molecular weight excluding hydrogens is 328 g/mol. The monoisotopic (exact) mass is 344 g/mol. The summed E-state index contributed by atoms with van der Waals surface area (Å²) in [7, 11) is 0. The molecule has 6 nitrogen and oxygen atoms in total. The van der Waals surface area contributed by atoms with Gasteiger partial charge in [0.25, 0.3) is 5.91 Å². The van der Waals surface area contributed by atoms with Crippen LogP contribution in [0.4, 0.5) is 5.82 Å². The molecule has 0 unspecified atom stereocenters. The molecule has 0 spiro atoms. The lowest BCUT2D eigenvalue weighted by Crippen LogP contribution is -2.17. The lowest BCUT2D eigenvalue weighted by Gasteiger charge is -2.08. The SMILES string of the molecule is Cc1ccc(NC(=O)c2cc(-c3ccco3)nn2-c2ccccc2)nc1. The fraction of sp³-hybridized carbons (Fsp3) is 0.0500. The van der Waals surface area contributed by atoms with Gasteiger partial charge >= 0.3 is 0 Å². The third kappa shape index (κ3) is 3.12. The van der Waals surface area contributed by atoms with E-state index in [2.05, 4.69) is 15.4 Å². The highest BCUT2D eigenvalue weighted by atomic mass is 16.3. The van der Waals surface area contributed by atoms with Crippen LogP contribution in [0.25, 0.3) is 17.1 Å². The third-order valence-corrected chi connectivity index (χ3v) is 3.87. The molecule has 0 aliphatic rings. The summed E-state index contributed by atoms with van der Waals surface area (Å²) in [6, 6.07) is 18.4. The van der Waals surface area contributed by atoms with Gasteiger partial charge in [-0.2, -0.15) is 5.10 Å². The number of nitrogens with one attached hydrogen (secondary N) is 1. The number of carbonyl (C=O) groups excluding carboxylic acids is 1. The molecule has 0 saturated heterocycles. The molecule has 0 radical (unpaired) electrons. The Balaban J connectivity index is 1.73. The number of para-hydroxylation sites is 1. The van der Waals surface area contributed by atoms with Crippen LogP contribution >= 0.6 is 0 Å². The first-order valence-electron chi connectivity index (χ1n) is 8.14. The maximum Gasteiger partial charge on any atom is 0.275 e. The zero-order valence-electron chi connectivity index (χ0n) is 14.1. The van der Waals surface area contributed by atoms with Crippen molar-refractivity contribution in [3.8, 4) is 17.1 Å². The first-order chi connectivity index (χ1) is 12.7. The maximum absolute atomic E-state index is 12.8. The molecule has 0 bridgehead atoms. The molecule has 6 heteroatoms. The number of carbonyl (C=O) groups is 1.